The molecule has 1 rings (SSSR count). The van der Waals surface area contributed by atoms with E-state index < -0.39 is 0 Å². The van der Waals surface area contributed by atoms with Gasteiger partial charge >= 0.3 is 0 Å². The number of aliphatic hydroxyl groups excluding tert-OH is 1. The summed E-state index contributed by atoms with van der Waals surface area (Å²) in [5.41, 5.74) is 0. The summed E-state index contributed by atoms with van der Waals surface area (Å²) in [6, 6.07) is 0. The summed E-state index contributed by atoms with van der Waals surface area (Å²) in [5, 5.41) is 11.7. The number of rotatable bonds is 4. The predicted molar refractivity (Wildman–Crippen MR) is 49.8 cm³/mol. The van der Waals surface area contributed by atoms with Gasteiger partial charge in [0.1, 0.15) is 0 Å². The van der Waals surface area contributed by atoms with E-state index in [0.29, 0.717) is 0 Å². The quantitative estimate of drug-likeness (QED) is 0.531. The molecule has 1 aliphatic heterocycles. The first-order valence-electron chi connectivity index (χ1n) is 4.45. The van der Waals surface area contributed by atoms with E-state index >= 15 is 0 Å². The number of nitrogens with one attached hydrogen (secondary N) is 1. The van der Waals surface area contributed by atoms with Gasteiger partial charge in [0, 0.05) is 38.9 Å². The van der Waals surface area contributed by atoms with E-state index in [-0.39, 0.29) is 6.61 Å². The van der Waals surface area contributed by atoms with Crippen LogP contribution in [-0.4, -0.2) is 62.1 Å². The van der Waals surface area contributed by atoms with E-state index in [2.05, 4.69) is 15.2 Å². The molecule has 0 aromatic heterocycles. The SMILES string of the molecule is OCC=NCCN1CCNCC1. The summed E-state index contributed by atoms with van der Waals surface area (Å²) in [6.07, 6.45) is 1.56. The number of piperazine rings is 1. The van der Waals surface area contributed by atoms with Gasteiger partial charge in [-0.3, -0.25) is 9.89 Å². The average molecular weight is 171 g/mol. The Morgan fingerprint density at radius 2 is 2.17 bits per heavy atom. The first-order chi connectivity index (χ1) is 5.93. The van der Waals surface area contributed by atoms with Crippen molar-refractivity contribution >= 4 is 6.21 Å². The van der Waals surface area contributed by atoms with Crippen molar-refractivity contribution in [1.82, 2.24) is 10.2 Å². The summed E-state index contributed by atoms with van der Waals surface area (Å²) < 4.78 is 0. The zero-order chi connectivity index (χ0) is 8.65. The van der Waals surface area contributed by atoms with Crippen molar-refractivity contribution in [3.05, 3.63) is 0 Å². The second kappa shape index (κ2) is 6.11. The maximum absolute atomic E-state index is 8.43. The Hall–Kier alpha value is -0.450. The van der Waals surface area contributed by atoms with Crippen LogP contribution in [0.3, 0.4) is 0 Å². The molecule has 70 valence electrons. The number of aliphatic hydroxyl groups is 1. The molecule has 4 heteroatoms. The van der Waals surface area contributed by atoms with Gasteiger partial charge in [-0.05, 0) is 0 Å². The molecule has 0 atom stereocenters. The van der Waals surface area contributed by atoms with Crippen LogP contribution >= 0.6 is 0 Å². The van der Waals surface area contributed by atoms with E-state index in [1.54, 1.807) is 6.21 Å². The van der Waals surface area contributed by atoms with Gasteiger partial charge < -0.3 is 10.4 Å². The molecule has 0 amide bonds. The Labute approximate surface area is 73.3 Å². The molecule has 1 aliphatic rings. The zero-order valence-corrected chi connectivity index (χ0v) is 7.37. The highest BCUT2D eigenvalue weighted by molar-refractivity contribution is 5.57. The Morgan fingerprint density at radius 3 is 2.83 bits per heavy atom. The van der Waals surface area contributed by atoms with Crippen LogP contribution in [-0.2, 0) is 0 Å². The van der Waals surface area contributed by atoms with Gasteiger partial charge in [0.05, 0.1) is 13.2 Å². The van der Waals surface area contributed by atoms with E-state index in [9.17, 15) is 0 Å². The number of hydrogen-bond acceptors (Lipinski definition) is 4. The molecule has 0 aromatic carbocycles. The van der Waals surface area contributed by atoms with E-state index in [1.165, 1.54) is 0 Å². The molecule has 1 fully saturated rings. The lowest BCUT2D eigenvalue weighted by Gasteiger charge is -2.26. The number of hydrogen-bond donors (Lipinski definition) is 2. The summed E-state index contributed by atoms with van der Waals surface area (Å²) in [7, 11) is 0. The van der Waals surface area contributed by atoms with Crippen LogP contribution in [0.1, 0.15) is 0 Å². The van der Waals surface area contributed by atoms with Gasteiger partial charge in [-0.1, -0.05) is 0 Å². The van der Waals surface area contributed by atoms with Crippen LogP contribution in [0.25, 0.3) is 0 Å². The fourth-order valence-corrected chi connectivity index (χ4v) is 1.28. The van der Waals surface area contributed by atoms with Gasteiger partial charge in [-0.15, -0.1) is 0 Å². The van der Waals surface area contributed by atoms with Gasteiger partial charge in [0.2, 0.25) is 0 Å². The molecule has 12 heavy (non-hydrogen) atoms. The van der Waals surface area contributed by atoms with E-state index in [4.69, 9.17) is 5.11 Å². The highest BCUT2D eigenvalue weighted by Crippen LogP contribution is 1.90. The van der Waals surface area contributed by atoms with E-state index in [0.717, 1.165) is 39.3 Å². The van der Waals surface area contributed by atoms with E-state index in [1.807, 2.05) is 0 Å². The van der Waals surface area contributed by atoms with Crippen LogP contribution in [0.4, 0.5) is 0 Å². The fraction of sp³-hybridized carbons (Fsp3) is 0.875. The van der Waals surface area contributed by atoms with Crippen molar-refractivity contribution in [2.75, 3.05) is 45.9 Å². The van der Waals surface area contributed by atoms with Crippen molar-refractivity contribution in [3.63, 3.8) is 0 Å². The first kappa shape index (κ1) is 9.64. The van der Waals surface area contributed by atoms with Gasteiger partial charge in [-0.25, -0.2) is 0 Å². The van der Waals surface area contributed by atoms with Crippen molar-refractivity contribution in [1.29, 1.82) is 0 Å². The molecule has 0 aromatic rings. The van der Waals surface area contributed by atoms with Gasteiger partial charge in [0.15, 0.2) is 0 Å². The molecule has 1 heterocycles. The molecular formula is C8H17N3O. The topological polar surface area (TPSA) is 47.9 Å². The Kier molecular flexibility index (Phi) is 4.91. The van der Waals surface area contributed by atoms with Gasteiger partial charge in [-0.2, -0.15) is 0 Å². The van der Waals surface area contributed by atoms with Crippen molar-refractivity contribution in [2.45, 2.75) is 0 Å². The molecule has 2 N–H and O–H groups in total. The molecular weight excluding hydrogens is 154 g/mol. The number of aliphatic imine (C=N–C) groups is 1. The summed E-state index contributed by atoms with van der Waals surface area (Å²) >= 11 is 0. The lowest BCUT2D eigenvalue weighted by atomic mass is 10.3. The minimum Gasteiger partial charge on any atom is -0.391 e. The Morgan fingerprint density at radius 1 is 1.42 bits per heavy atom. The molecule has 0 aliphatic carbocycles. The standard InChI is InChI=1S/C8H17N3O/c12-8-4-10-3-7-11-5-1-9-2-6-11/h4,9,12H,1-3,5-8H2. The van der Waals surface area contributed by atoms with Crippen LogP contribution in [0.15, 0.2) is 4.99 Å². The third kappa shape index (κ3) is 3.80. The molecule has 0 bridgehead atoms. The zero-order valence-electron chi connectivity index (χ0n) is 7.37. The molecule has 0 radical (unpaired) electrons. The summed E-state index contributed by atoms with van der Waals surface area (Å²) in [4.78, 5) is 6.43. The first-order valence-corrected chi connectivity index (χ1v) is 4.45. The molecule has 0 saturated carbocycles. The minimum atomic E-state index is 0.0571. The summed E-state index contributed by atoms with van der Waals surface area (Å²) in [6.45, 7) is 6.29. The van der Waals surface area contributed by atoms with Crippen LogP contribution in [0.2, 0.25) is 0 Å². The van der Waals surface area contributed by atoms with Crippen LogP contribution < -0.4 is 5.32 Å². The van der Waals surface area contributed by atoms with Crippen molar-refractivity contribution < 1.29 is 5.11 Å². The number of nitrogens with zero attached hydrogens (tertiary/aromatic N) is 2. The largest absolute Gasteiger partial charge is 0.391 e. The predicted octanol–water partition coefficient (Wildman–Crippen LogP) is -1.05. The second-order valence-electron chi connectivity index (χ2n) is 2.86. The highest BCUT2D eigenvalue weighted by Gasteiger charge is 2.07. The Balaban J connectivity index is 2.01. The molecule has 4 nitrogen and oxygen atoms in total. The highest BCUT2D eigenvalue weighted by atomic mass is 16.2. The lowest BCUT2D eigenvalue weighted by Crippen LogP contribution is -2.44. The maximum Gasteiger partial charge on any atom is 0.0779 e. The van der Waals surface area contributed by atoms with Gasteiger partial charge in [0.25, 0.3) is 0 Å². The molecule has 0 spiro atoms. The minimum absolute atomic E-state index is 0.0571. The second-order valence-corrected chi connectivity index (χ2v) is 2.86. The average Bonchev–Trinajstić information content (AvgIpc) is 2.14. The Bertz CT molecular complexity index is 132. The fourth-order valence-electron chi connectivity index (χ4n) is 1.28. The smallest absolute Gasteiger partial charge is 0.0779 e. The van der Waals surface area contributed by atoms with Crippen molar-refractivity contribution in [3.8, 4) is 0 Å². The monoisotopic (exact) mass is 171 g/mol. The van der Waals surface area contributed by atoms with Crippen molar-refractivity contribution in [2.24, 2.45) is 4.99 Å². The van der Waals surface area contributed by atoms with Crippen LogP contribution in [0, 0.1) is 0 Å². The molecule has 0 unspecified atom stereocenters. The normalized spacial score (nSPS) is 20.4. The molecule has 1 saturated heterocycles. The third-order valence-electron chi connectivity index (χ3n) is 1.97. The summed E-state index contributed by atoms with van der Waals surface area (Å²) in [5.74, 6) is 0. The third-order valence-corrected chi connectivity index (χ3v) is 1.97. The maximum atomic E-state index is 8.43. The lowest BCUT2D eigenvalue weighted by molar-refractivity contribution is 0.247. The van der Waals surface area contributed by atoms with Crippen LogP contribution in [0.5, 0.6) is 0 Å².